The molecule has 2 unspecified atom stereocenters. The predicted octanol–water partition coefficient (Wildman–Crippen LogP) is 2.27. The molecule has 0 bridgehead atoms. The average Bonchev–Trinajstić information content (AvgIpc) is 2.74. The van der Waals surface area contributed by atoms with E-state index in [0.717, 1.165) is 32.1 Å². The van der Waals surface area contributed by atoms with Gasteiger partial charge in [0.1, 0.15) is 0 Å². The molecule has 2 rings (SSSR count). The Bertz CT molecular complexity index is 350. The normalized spacial score (nSPS) is 23.8. The van der Waals surface area contributed by atoms with Gasteiger partial charge in [-0.2, -0.15) is 0 Å². The van der Waals surface area contributed by atoms with Gasteiger partial charge in [0.15, 0.2) is 0 Å². The first-order valence-corrected chi connectivity index (χ1v) is 7.43. The number of nitrogens with zero attached hydrogens (tertiary/aromatic N) is 2. The largest absolute Gasteiger partial charge is 0.311 e. The van der Waals surface area contributed by atoms with Crippen LogP contribution in [0.25, 0.3) is 0 Å². The lowest BCUT2D eigenvalue weighted by Crippen LogP contribution is -2.52. The lowest BCUT2D eigenvalue weighted by Gasteiger charge is -2.36. The Morgan fingerprint density at radius 3 is 3.12 bits per heavy atom. The van der Waals surface area contributed by atoms with Gasteiger partial charge in [0.05, 0.1) is 10.7 Å². The van der Waals surface area contributed by atoms with E-state index in [0.29, 0.717) is 6.04 Å². The van der Waals surface area contributed by atoms with Gasteiger partial charge in [-0.3, -0.25) is 4.90 Å². The van der Waals surface area contributed by atoms with E-state index in [9.17, 15) is 0 Å². The molecule has 17 heavy (non-hydrogen) atoms. The lowest BCUT2D eigenvalue weighted by atomic mass is 9.97. The van der Waals surface area contributed by atoms with Crippen LogP contribution in [0.3, 0.4) is 0 Å². The molecule has 4 heteroatoms. The van der Waals surface area contributed by atoms with Crippen LogP contribution in [0.2, 0.25) is 0 Å². The van der Waals surface area contributed by atoms with Gasteiger partial charge in [0.2, 0.25) is 0 Å². The van der Waals surface area contributed by atoms with E-state index in [1.54, 1.807) is 11.3 Å². The van der Waals surface area contributed by atoms with Gasteiger partial charge in [-0.25, -0.2) is 4.98 Å². The number of thiazole rings is 1. The van der Waals surface area contributed by atoms with Crippen molar-refractivity contribution in [2.75, 3.05) is 19.6 Å². The van der Waals surface area contributed by atoms with Crippen molar-refractivity contribution in [1.29, 1.82) is 0 Å². The van der Waals surface area contributed by atoms with E-state index in [-0.39, 0.29) is 0 Å². The summed E-state index contributed by atoms with van der Waals surface area (Å²) in [5.41, 5.74) is 1.23. The van der Waals surface area contributed by atoms with Crippen LogP contribution in [-0.4, -0.2) is 35.6 Å². The lowest BCUT2D eigenvalue weighted by molar-refractivity contribution is 0.161. The van der Waals surface area contributed by atoms with Crippen LogP contribution in [0, 0.1) is 12.8 Å². The highest BCUT2D eigenvalue weighted by atomic mass is 32.1. The first-order valence-electron chi connectivity index (χ1n) is 6.55. The second kappa shape index (κ2) is 5.94. The van der Waals surface area contributed by atoms with Crippen LogP contribution >= 0.6 is 11.3 Å². The van der Waals surface area contributed by atoms with Gasteiger partial charge in [0.25, 0.3) is 0 Å². The molecule has 1 aromatic rings. The van der Waals surface area contributed by atoms with Crippen LogP contribution in [-0.2, 0) is 6.54 Å². The maximum atomic E-state index is 4.55. The third-order valence-electron chi connectivity index (χ3n) is 3.67. The number of aryl methyl sites for hydroxylation is 1. The molecular formula is C13H23N3S. The van der Waals surface area contributed by atoms with Crippen molar-refractivity contribution in [3.05, 3.63) is 16.1 Å². The van der Waals surface area contributed by atoms with Crippen molar-refractivity contribution in [1.82, 2.24) is 15.2 Å². The molecule has 3 nitrogen and oxygen atoms in total. The minimum absolute atomic E-state index is 0.647. The first kappa shape index (κ1) is 13.0. The van der Waals surface area contributed by atoms with E-state index < -0.39 is 0 Å². The molecule has 0 aromatic carbocycles. The SMILES string of the molecule is CCC(C)C1CN(Cc2csc(C)n2)CCN1. The van der Waals surface area contributed by atoms with Gasteiger partial charge < -0.3 is 5.32 Å². The highest BCUT2D eigenvalue weighted by molar-refractivity contribution is 7.09. The molecule has 2 heterocycles. The Balaban J connectivity index is 1.89. The predicted molar refractivity (Wildman–Crippen MR) is 73.4 cm³/mol. The van der Waals surface area contributed by atoms with Crippen molar-refractivity contribution in [2.45, 2.75) is 39.8 Å². The molecule has 1 aromatic heterocycles. The quantitative estimate of drug-likeness (QED) is 0.892. The summed E-state index contributed by atoms with van der Waals surface area (Å²) >= 11 is 1.75. The monoisotopic (exact) mass is 253 g/mol. The fraction of sp³-hybridized carbons (Fsp3) is 0.769. The zero-order valence-corrected chi connectivity index (χ0v) is 11.9. The van der Waals surface area contributed by atoms with Gasteiger partial charge in [-0.1, -0.05) is 20.3 Å². The minimum atomic E-state index is 0.647. The second-order valence-corrected chi connectivity index (χ2v) is 6.10. The highest BCUT2D eigenvalue weighted by Gasteiger charge is 2.23. The van der Waals surface area contributed by atoms with E-state index in [1.807, 2.05) is 0 Å². The molecule has 1 aliphatic heterocycles. The Kier molecular flexibility index (Phi) is 4.54. The van der Waals surface area contributed by atoms with E-state index >= 15 is 0 Å². The Morgan fingerprint density at radius 2 is 2.47 bits per heavy atom. The maximum absolute atomic E-state index is 4.55. The Hall–Kier alpha value is -0.450. The van der Waals surface area contributed by atoms with E-state index in [4.69, 9.17) is 0 Å². The fourth-order valence-corrected chi connectivity index (χ4v) is 2.97. The summed E-state index contributed by atoms with van der Waals surface area (Å²) in [7, 11) is 0. The summed E-state index contributed by atoms with van der Waals surface area (Å²) in [6, 6.07) is 0.647. The smallest absolute Gasteiger partial charge is 0.0897 e. The molecule has 96 valence electrons. The van der Waals surface area contributed by atoms with Crippen molar-refractivity contribution < 1.29 is 0 Å². The number of nitrogens with one attached hydrogen (secondary N) is 1. The first-order chi connectivity index (χ1) is 8.19. The van der Waals surface area contributed by atoms with Crippen molar-refractivity contribution >= 4 is 11.3 Å². The van der Waals surface area contributed by atoms with Crippen molar-refractivity contribution in [2.24, 2.45) is 5.92 Å². The van der Waals surface area contributed by atoms with Crippen LogP contribution in [0.5, 0.6) is 0 Å². The topological polar surface area (TPSA) is 28.2 Å². The number of piperazine rings is 1. The summed E-state index contributed by atoms with van der Waals surface area (Å²) in [4.78, 5) is 7.08. The third kappa shape index (κ3) is 3.50. The fourth-order valence-electron chi connectivity index (χ4n) is 2.36. The molecule has 0 spiro atoms. The third-order valence-corrected chi connectivity index (χ3v) is 4.49. The van der Waals surface area contributed by atoms with Crippen LogP contribution < -0.4 is 5.32 Å². The zero-order valence-electron chi connectivity index (χ0n) is 11.1. The van der Waals surface area contributed by atoms with Crippen LogP contribution in [0.4, 0.5) is 0 Å². The van der Waals surface area contributed by atoms with E-state index in [2.05, 4.69) is 41.4 Å². The molecule has 0 saturated carbocycles. The minimum Gasteiger partial charge on any atom is -0.311 e. The number of hydrogen-bond acceptors (Lipinski definition) is 4. The molecule has 1 N–H and O–H groups in total. The standard InChI is InChI=1S/C13H23N3S/c1-4-10(2)13-8-16(6-5-14-13)7-12-9-17-11(3)15-12/h9-10,13-14H,4-8H2,1-3H3. The van der Waals surface area contributed by atoms with Gasteiger partial charge in [-0.15, -0.1) is 11.3 Å². The second-order valence-electron chi connectivity index (χ2n) is 5.04. The summed E-state index contributed by atoms with van der Waals surface area (Å²) in [5.74, 6) is 0.759. The molecule has 0 radical (unpaired) electrons. The zero-order chi connectivity index (χ0) is 12.3. The molecule has 0 amide bonds. The average molecular weight is 253 g/mol. The molecule has 1 saturated heterocycles. The molecule has 1 fully saturated rings. The van der Waals surface area contributed by atoms with Gasteiger partial charge in [0, 0.05) is 37.6 Å². The Morgan fingerprint density at radius 1 is 1.65 bits per heavy atom. The highest BCUT2D eigenvalue weighted by Crippen LogP contribution is 2.15. The van der Waals surface area contributed by atoms with Gasteiger partial charge in [-0.05, 0) is 12.8 Å². The summed E-state index contributed by atoms with van der Waals surface area (Å²) in [5, 5.41) is 7.00. The molecule has 2 atom stereocenters. The summed E-state index contributed by atoms with van der Waals surface area (Å²) in [6.07, 6.45) is 1.25. The molecular weight excluding hydrogens is 230 g/mol. The van der Waals surface area contributed by atoms with E-state index in [1.165, 1.54) is 17.1 Å². The summed E-state index contributed by atoms with van der Waals surface area (Å²) in [6.45, 7) is 11.1. The number of rotatable bonds is 4. The molecule has 1 aliphatic rings. The number of hydrogen-bond donors (Lipinski definition) is 1. The van der Waals surface area contributed by atoms with Crippen LogP contribution in [0.15, 0.2) is 5.38 Å². The van der Waals surface area contributed by atoms with Gasteiger partial charge >= 0.3 is 0 Å². The maximum Gasteiger partial charge on any atom is 0.0897 e. The van der Waals surface area contributed by atoms with Crippen LogP contribution in [0.1, 0.15) is 31.0 Å². The van der Waals surface area contributed by atoms with Crippen molar-refractivity contribution in [3.63, 3.8) is 0 Å². The van der Waals surface area contributed by atoms with Crippen molar-refractivity contribution in [3.8, 4) is 0 Å². The molecule has 0 aliphatic carbocycles. The summed E-state index contributed by atoms with van der Waals surface area (Å²) < 4.78 is 0. The number of aromatic nitrogens is 1. The Labute approximate surface area is 108 Å².